The molecule has 0 aliphatic carbocycles. The van der Waals surface area contributed by atoms with Gasteiger partial charge in [0.2, 0.25) is 0 Å². The largest absolute Gasteiger partial charge is 0.493 e. The number of para-hydroxylation sites is 1. The lowest BCUT2D eigenvalue weighted by atomic mass is 10.2. The summed E-state index contributed by atoms with van der Waals surface area (Å²) in [6, 6.07) is 22.3. The van der Waals surface area contributed by atoms with E-state index in [9.17, 15) is 9.59 Å². The van der Waals surface area contributed by atoms with E-state index < -0.39 is 11.9 Å². The van der Waals surface area contributed by atoms with Crippen LogP contribution in [0.25, 0.3) is 0 Å². The molecule has 0 amide bonds. The average molecular weight is 434 g/mol. The normalized spacial score (nSPS) is 10.5. The second-order valence-corrected chi connectivity index (χ2v) is 7.44. The van der Waals surface area contributed by atoms with Crippen LogP contribution in [0, 0.1) is 5.92 Å². The van der Waals surface area contributed by atoms with Crippen molar-refractivity contribution in [2.75, 3.05) is 19.8 Å². The number of hydrogen-bond donors (Lipinski definition) is 0. The van der Waals surface area contributed by atoms with Crippen LogP contribution in [-0.2, 0) is 4.74 Å². The topological polar surface area (TPSA) is 71.1 Å². The van der Waals surface area contributed by atoms with Crippen LogP contribution in [0.3, 0.4) is 0 Å². The number of hydrogen-bond acceptors (Lipinski definition) is 6. The lowest BCUT2D eigenvalue weighted by Crippen LogP contribution is -2.12. The van der Waals surface area contributed by atoms with Crippen molar-refractivity contribution in [2.24, 2.45) is 5.92 Å². The zero-order valence-corrected chi connectivity index (χ0v) is 18.2. The van der Waals surface area contributed by atoms with Crippen LogP contribution in [0.1, 0.15) is 34.6 Å². The third kappa shape index (κ3) is 7.16. The molecule has 6 heteroatoms. The summed E-state index contributed by atoms with van der Waals surface area (Å²) in [4.78, 5) is 24.6. The maximum atomic E-state index is 12.4. The van der Waals surface area contributed by atoms with Gasteiger partial charge in [0.05, 0.1) is 17.7 Å². The quantitative estimate of drug-likeness (QED) is 0.249. The molecule has 3 aromatic rings. The Morgan fingerprint density at radius 3 is 2.12 bits per heavy atom. The highest BCUT2D eigenvalue weighted by Gasteiger charge is 2.12. The summed E-state index contributed by atoms with van der Waals surface area (Å²) in [6.45, 7) is 5.05. The lowest BCUT2D eigenvalue weighted by Gasteiger charge is -2.10. The molecule has 0 aliphatic heterocycles. The van der Waals surface area contributed by atoms with Gasteiger partial charge in [0, 0.05) is 0 Å². The Morgan fingerprint density at radius 2 is 1.41 bits per heavy atom. The first-order valence-corrected chi connectivity index (χ1v) is 10.4. The van der Waals surface area contributed by atoms with E-state index in [1.54, 1.807) is 48.5 Å². The molecule has 0 unspecified atom stereocenters. The van der Waals surface area contributed by atoms with Crippen molar-refractivity contribution in [3.63, 3.8) is 0 Å². The van der Waals surface area contributed by atoms with E-state index in [0.29, 0.717) is 40.9 Å². The van der Waals surface area contributed by atoms with E-state index in [1.165, 1.54) is 0 Å². The van der Waals surface area contributed by atoms with Gasteiger partial charge in [0.1, 0.15) is 30.5 Å². The smallest absolute Gasteiger partial charge is 0.343 e. The molecular formula is C26H26O6. The Bertz CT molecular complexity index is 1010. The first-order valence-electron chi connectivity index (χ1n) is 10.4. The molecule has 3 aromatic carbocycles. The molecule has 166 valence electrons. The summed E-state index contributed by atoms with van der Waals surface area (Å²) in [5.74, 6) is 1.05. The zero-order chi connectivity index (χ0) is 22.8. The Kier molecular flexibility index (Phi) is 8.26. The molecule has 0 aliphatic rings. The second kappa shape index (κ2) is 11.6. The fourth-order valence-corrected chi connectivity index (χ4v) is 2.69. The van der Waals surface area contributed by atoms with Gasteiger partial charge in [-0.2, -0.15) is 0 Å². The van der Waals surface area contributed by atoms with Crippen LogP contribution in [-0.4, -0.2) is 31.8 Å². The van der Waals surface area contributed by atoms with Crippen molar-refractivity contribution in [3.05, 3.63) is 90.0 Å². The molecule has 32 heavy (non-hydrogen) atoms. The van der Waals surface area contributed by atoms with E-state index in [-0.39, 0.29) is 13.2 Å². The van der Waals surface area contributed by atoms with Crippen LogP contribution in [0.4, 0.5) is 0 Å². The number of ether oxygens (including phenoxy) is 4. The number of carbonyl (C=O) groups is 2. The third-order valence-corrected chi connectivity index (χ3v) is 4.28. The summed E-state index contributed by atoms with van der Waals surface area (Å²) < 4.78 is 21.7. The van der Waals surface area contributed by atoms with Crippen molar-refractivity contribution >= 4 is 11.9 Å². The van der Waals surface area contributed by atoms with Gasteiger partial charge in [-0.05, 0) is 60.5 Å². The third-order valence-electron chi connectivity index (χ3n) is 4.28. The zero-order valence-electron chi connectivity index (χ0n) is 18.2. The van der Waals surface area contributed by atoms with Crippen molar-refractivity contribution in [1.29, 1.82) is 0 Å². The monoisotopic (exact) mass is 434 g/mol. The van der Waals surface area contributed by atoms with Crippen LogP contribution in [0.5, 0.6) is 17.2 Å². The van der Waals surface area contributed by atoms with Gasteiger partial charge in [-0.1, -0.05) is 38.1 Å². The van der Waals surface area contributed by atoms with Crippen molar-refractivity contribution in [1.82, 2.24) is 0 Å². The molecule has 0 saturated carbocycles. The molecule has 0 heterocycles. The Balaban J connectivity index is 1.48. The molecule has 3 rings (SSSR count). The Morgan fingerprint density at radius 1 is 0.688 bits per heavy atom. The van der Waals surface area contributed by atoms with E-state index >= 15 is 0 Å². The molecule has 0 spiro atoms. The first kappa shape index (κ1) is 22.9. The van der Waals surface area contributed by atoms with E-state index in [4.69, 9.17) is 18.9 Å². The van der Waals surface area contributed by atoms with E-state index in [1.807, 2.05) is 30.3 Å². The van der Waals surface area contributed by atoms with Crippen LogP contribution < -0.4 is 14.2 Å². The molecule has 0 radical (unpaired) electrons. The summed E-state index contributed by atoms with van der Waals surface area (Å²) >= 11 is 0. The highest BCUT2D eigenvalue weighted by Crippen LogP contribution is 2.18. The van der Waals surface area contributed by atoms with Gasteiger partial charge in [0.25, 0.3) is 0 Å². The summed E-state index contributed by atoms with van der Waals surface area (Å²) in [5, 5.41) is 0. The van der Waals surface area contributed by atoms with Crippen LogP contribution >= 0.6 is 0 Å². The van der Waals surface area contributed by atoms with Crippen LogP contribution in [0.2, 0.25) is 0 Å². The van der Waals surface area contributed by atoms with Crippen molar-refractivity contribution in [3.8, 4) is 17.2 Å². The minimum Gasteiger partial charge on any atom is -0.493 e. The predicted octanol–water partition coefficient (Wildman–Crippen LogP) is 5.18. The van der Waals surface area contributed by atoms with E-state index in [2.05, 4.69) is 13.8 Å². The van der Waals surface area contributed by atoms with Gasteiger partial charge in [-0.15, -0.1) is 0 Å². The molecule has 6 nitrogen and oxygen atoms in total. The van der Waals surface area contributed by atoms with Gasteiger partial charge in [-0.3, -0.25) is 0 Å². The number of benzene rings is 3. The van der Waals surface area contributed by atoms with Gasteiger partial charge >= 0.3 is 11.9 Å². The predicted molar refractivity (Wildman–Crippen MR) is 120 cm³/mol. The maximum Gasteiger partial charge on any atom is 0.343 e. The maximum absolute atomic E-state index is 12.4. The van der Waals surface area contributed by atoms with E-state index in [0.717, 1.165) is 0 Å². The lowest BCUT2D eigenvalue weighted by molar-refractivity contribution is 0.0450. The molecule has 0 saturated heterocycles. The summed E-state index contributed by atoms with van der Waals surface area (Å²) in [7, 11) is 0. The number of rotatable bonds is 10. The molecule has 0 fully saturated rings. The SMILES string of the molecule is CC(C)COc1cccc(C(=O)Oc2ccc(C(=O)OCCOc3ccccc3)cc2)c1. The van der Waals surface area contributed by atoms with Gasteiger partial charge < -0.3 is 18.9 Å². The second-order valence-electron chi connectivity index (χ2n) is 7.44. The molecule has 0 aromatic heterocycles. The molecule has 0 bridgehead atoms. The first-order chi connectivity index (χ1) is 15.5. The average Bonchev–Trinajstić information content (AvgIpc) is 2.81. The molecular weight excluding hydrogens is 408 g/mol. The fourth-order valence-electron chi connectivity index (χ4n) is 2.69. The fraction of sp³-hybridized carbons (Fsp3) is 0.231. The molecule has 0 atom stereocenters. The minimum atomic E-state index is -0.506. The van der Waals surface area contributed by atoms with Gasteiger partial charge in [-0.25, -0.2) is 9.59 Å². The highest BCUT2D eigenvalue weighted by molar-refractivity contribution is 5.92. The number of esters is 2. The standard InChI is InChI=1S/C26H26O6/c1-19(2)18-31-24-10-6-7-21(17-24)26(28)32-23-13-11-20(12-14-23)25(27)30-16-15-29-22-8-4-3-5-9-22/h3-14,17,19H,15-16,18H2,1-2H3. The summed E-state index contributed by atoms with van der Waals surface area (Å²) in [6.07, 6.45) is 0. The van der Waals surface area contributed by atoms with Crippen LogP contribution in [0.15, 0.2) is 78.9 Å². The minimum absolute atomic E-state index is 0.125. The highest BCUT2D eigenvalue weighted by atomic mass is 16.6. The Labute approximate surface area is 187 Å². The van der Waals surface area contributed by atoms with Gasteiger partial charge in [0.15, 0.2) is 0 Å². The number of carbonyl (C=O) groups excluding carboxylic acids is 2. The van der Waals surface area contributed by atoms with Crippen molar-refractivity contribution in [2.45, 2.75) is 13.8 Å². The Hall–Kier alpha value is -3.80. The van der Waals surface area contributed by atoms with Crippen molar-refractivity contribution < 1.29 is 28.5 Å². The molecule has 0 N–H and O–H groups in total. The summed E-state index contributed by atoms with van der Waals surface area (Å²) in [5.41, 5.74) is 0.738.